The summed E-state index contributed by atoms with van der Waals surface area (Å²) in [7, 11) is 0. The zero-order valence-corrected chi connectivity index (χ0v) is 16.8. The van der Waals surface area contributed by atoms with Crippen LogP contribution < -0.4 is 0 Å². The lowest BCUT2D eigenvalue weighted by molar-refractivity contribution is -0.134. The third-order valence-electron chi connectivity index (χ3n) is 4.37. The Morgan fingerprint density at radius 1 is 1.11 bits per heavy atom. The van der Waals surface area contributed by atoms with Gasteiger partial charge in [-0.25, -0.2) is 4.79 Å². The Bertz CT molecular complexity index is 916. The third-order valence-corrected chi connectivity index (χ3v) is 5.24. The first kappa shape index (κ1) is 19.8. The van der Waals surface area contributed by atoms with E-state index in [1.165, 1.54) is 11.3 Å². The maximum atomic E-state index is 12.7. The van der Waals surface area contributed by atoms with E-state index in [9.17, 15) is 9.59 Å². The van der Waals surface area contributed by atoms with Crippen LogP contribution in [0.4, 0.5) is 0 Å². The molecule has 0 saturated carbocycles. The molecule has 0 aliphatic rings. The van der Waals surface area contributed by atoms with Crippen molar-refractivity contribution in [3.05, 3.63) is 65.2 Å². The molecule has 28 heavy (non-hydrogen) atoms. The number of benzene rings is 1. The zero-order valence-electron chi connectivity index (χ0n) is 16.0. The number of likely N-dealkylation sites (N-methyl/N-ethyl adjacent to an activating group) is 1. The molecule has 0 bridgehead atoms. The van der Waals surface area contributed by atoms with Gasteiger partial charge >= 0.3 is 5.97 Å². The fourth-order valence-corrected chi connectivity index (χ4v) is 3.61. The normalized spacial score (nSPS) is 10.6. The standard InChI is InChI=1S/C21H23N3O3S/c1-3-23(4-2)19(25)15-27-21(26)17-14-24(13-16-9-6-5-7-10-16)22-20(17)18-11-8-12-28-18/h5-12,14H,3-4,13,15H2,1-2H3. The Labute approximate surface area is 168 Å². The SMILES string of the molecule is CCN(CC)C(=O)COC(=O)c1cn(Cc2ccccc2)nc1-c1cccs1. The number of thiophene rings is 1. The van der Waals surface area contributed by atoms with Crippen LogP contribution in [0.25, 0.3) is 10.6 Å². The van der Waals surface area contributed by atoms with Crippen molar-refractivity contribution in [3.63, 3.8) is 0 Å². The van der Waals surface area contributed by atoms with E-state index in [-0.39, 0.29) is 12.5 Å². The predicted octanol–water partition coefficient (Wildman–Crippen LogP) is 3.69. The molecule has 0 fully saturated rings. The second-order valence-electron chi connectivity index (χ2n) is 6.19. The van der Waals surface area contributed by atoms with Crippen LogP contribution in [0.5, 0.6) is 0 Å². The molecule has 0 radical (unpaired) electrons. The number of hydrogen-bond donors (Lipinski definition) is 0. The summed E-state index contributed by atoms with van der Waals surface area (Å²) >= 11 is 1.50. The van der Waals surface area contributed by atoms with Crippen molar-refractivity contribution in [2.75, 3.05) is 19.7 Å². The monoisotopic (exact) mass is 397 g/mol. The van der Waals surface area contributed by atoms with E-state index in [4.69, 9.17) is 4.74 Å². The quantitative estimate of drug-likeness (QED) is 0.544. The zero-order chi connectivity index (χ0) is 19.9. The van der Waals surface area contributed by atoms with E-state index in [0.29, 0.717) is 30.9 Å². The molecule has 0 spiro atoms. The van der Waals surface area contributed by atoms with Gasteiger partial charge in [0.25, 0.3) is 5.91 Å². The largest absolute Gasteiger partial charge is 0.452 e. The number of nitrogens with zero attached hydrogens (tertiary/aromatic N) is 3. The van der Waals surface area contributed by atoms with Gasteiger partial charge in [0.15, 0.2) is 6.61 Å². The molecule has 2 aromatic heterocycles. The van der Waals surface area contributed by atoms with Crippen LogP contribution in [-0.2, 0) is 16.1 Å². The molecule has 3 aromatic rings. The summed E-state index contributed by atoms with van der Waals surface area (Å²) in [4.78, 5) is 27.3. The van der Waals surface area contributed by atoms with Crippen LogP contribution in [0.15, 0.2) is 54.0 Å². The molecule has 0 aliphatic carbocycles. The summed E-state index contributed by atoms with van der Waals surface area (Å²) in [6.07, 6.45) is 1.69. The van der Waals surface area contributed by atoms with E-state index in [1.54, 1.807) is 15.8 Å². The summed E-state index contributed by atoms with van der Waals surface area (Å²) < 4.78 is 7.03. The van der Waals surface area contributed by atoms with Crippen LogP contribution in [0.1, 0.15) is 29.8 Å². The fourth-order valence-electron chi connectivity index (χ4n) is 2.89. The minimum absolute atomic E-state index is 0.201. The number of esters is 1. The Morgan fingerprint density at radius 3 is 2.50 bits per heavy atom. The minimum Gasteiger partial charge on any atom is -0.452 e. The highest BCUT2D eigenvalue weighted by Gasteiger charge is 2.21. The van der Waals surface area contributed by atoms with Gasteiger partial charge in [-0.1, -0.05) is 36.4 Å². The average Bonchev–Trinajstić information content (AvgIpc) is 3.37. The third kappa shape index (κ3) is 4.67. The van der Waals surface area contributed by atoms with Gasteiger partial charge in [-0.2, -0.15) is 5.10 Å². The average molecular weight is 398 g/mol. The smallest absolute Gasteiger partial charge is 0.342 e. The first-order chi connectivity index (χ1) is 13.6. The Morgan fingerprint density at radius 2 is 1.86 bits per heavy atom. The van der Waals surface area contributed by atoms with E-state index >= 15 is 0 Å². The molecule has 0 aliphatic heterocycles. The van der Waals surface area contributed by atoms with Crippen LogP contribution in [0, 0.1) is 0 Å². The van der Waals surface area contributed by atoms with Crippen molar-refractivity contribution in [3.8, 4) is 10.6 Å². The van der Waals surface area contributed by atoms with Crippen molar-refractivity contribution in [2.24, 2.45) is 0 Å². The van der Waals surface area contributed by atoms with Crippen LogP contribution in [0.3, 0.4) is 0 Å². The number of rotatable bonds is 8. The van der Waals surface area contributed by atoms with Gasteiger partial charge in [-0.15, -0.1) is 11.3 Å². The molecular weight excluding hydrogens is 374 g/mol. The highest BCUT2D eigenvalue weighted by molar-refractivity contribution is 7.13. The molecule has 0 saturated heterocycles. The molecule has 0 N–H and O–H groups in total. The highest BCUT2D eigenvalue weighted by Crippen LogP contribution is 2.27. The number of carbonyl (C=O) groups is 2. The summed E-state index contributed by atoms with van der Waals surface area (Å²) in [5.41, 5.74) is 2.02. The van der Waals surface area contributed by atoms with Crippen molar-refractivity contribution in [1.29, 1.82) is 0 Å². The van der Waals surface area contributed by atoms with Gasteiger partial charge in [0.2, 0.25) is 0 Å². The van der Waals surface area contributed by atoms with Crippen molar-refractivity contribution < 1.29 is 14.3 Å². The molecule has 146 valence electrons. The van der Waals surface area contributed by atoms with E-state index < -0.39 is 5.97 Å². The van der Waals surface area contributed by atoms with Gasteiger partial charge in [-0.05, 0) is 30.9 Å². The molecule has 1 aromatic carbocycles. The number of aromatic nitrogens is 2. The van der Waals surface area contributed by atoms with Gasteiger partial charge in [0, 0.05) is 19.3 Å². The second kappa shape index (κ2) is 9.32. The van der Waals surface area contributed by atoms with Crippen LogP contribution in [-0.4, -0.2) is 46.3 Å². The topological polar surface area (TPSA) is 64.4 Å². The van der Waals surface area contributed by atoms with E-state index in [0.717, 1.165) is 10.4 Å². The lowest BCUT2D eigenvalue weighted by atomic mass is 10.2. The summed E-state index contributed by atoms with van der Waals surface area (Å²) in [6.45, 7) is 5.24. The first-order valence-corrected chi connectivity index (χ1v) is 10.1. The number of carbonyl (C=O) groups excluding carboxylic acids is 2. The van der Waals surface area contributed by atoms with Gasteiger partial charge in [-0.3, -0.25) is 9.48 Å². The lowest BCUT2D eigenvalue weighted by Gasteiger charge is -2.18. The molecule has 0 atom stereocenters. The van der Waals surface area contributed by atoms with E-state index in [1.807, 2.05) is 61.7 Å². The van der Waals surface area contributed by atoms with E-state index in [2.05, 4.69) is 5.10 Å². The van der Waals surface area contributed by atoms with Crippen molar-refractivity contribution in [1.82, 2.24) is 14.7 Å². The Hall–Kier alpha value is -2.93. The highest BCUT2D eigenvalue weighted by atomic mass is 32.1. The predicted molar refractivity (Wildman–Crippen MR) is 109 cm³/mol. The molecule has 3 rings (SSSR count). The lowest BCUT2D eigenvalue weighted by Crippen LogP contribution is -2.34. The fraction of sp³-hybridized carbons (Fsp3) is 0.286. The molecule has 7 heteroatoms. The maximum absolute atomic E-state index is 12.7. The van der Waals surface area contributed by atoms with Crippen LogP contribution in [0.2, 0.25) is 0 Å². The van der Waals surface area contributed by atoms with Gasteiger partial charge in [0.1, 0.15) is 11.3 Å². The summed E-state index contributed by atoms with van der Waals surface area (Å²) in [6, 6.07) is 13.7. The Balaban J connectivity index is 1.80. The maximum Gasteiger partial charge on any atom is 0.342 e. The minimum atomic E-state index is -0.539. The van der Waals surface area contributed by atoms with Gasteiger partial charge < -0.3 is 9.64 Å². The van der Waals surface area contributed by atoms with Crippen molar-refractivity contribution >= 4 is 23.2 Å². The molecule has 1 amide bonds. The second-order valence-corrected chi connectivity index (χ2v) is 7.14. The Kier molecular flexibility index (Phi) is 6.60. The molecule has 6 nitrogen and oxygen atoms in total. The molecular formula is C21H23N3O3S. The number of amides is 1. The van der Waals surface area contributed by atoms with Crippen molar-refractivity contribution in [2.45, 2.75) is 20.4 Å². The first-order valence-electron chi connectivity index (χ1n) is 9.22. The van der Waals surface area contributed by atoms with Gasteiger partial charge in [0.05, 0.1) is 11.4 Å². The molecule has 2 heterocycles. The summed E-state index contributed by atoms with van der Waals surface area (Å²) in [5, 5.41) is 6.53. The number of hydrogen-bond acceptors (Lipinski definition) is 5. The van der Waals surface area contributed by atoms with Crippen LogP contribution >= 0.6 is 11.3 Å². The molecule has 0 unspecified atom stereocenters. The number of ether oxygens (including phenoxy) is 1. The summed E-state index contributed by atoms with van der Waals surface area (Å²) in [5.74, 6) is -0.740.